The van der Waals surface area contributed by atoms with E-state index in [-0.39, 0.29) is 26.8 Å². The van der Waals surface area contributed by atoms with Crippen molar-refractivity contribution in [3.8, 4) is 11.8 Å². The smallest absolute Gasteiger partial charge is 0.261 e. The zero-order valence-electron chi connectivity index (χ0n) is 14.3. The maximum absolute atomic E-state index is 12.5. The van der Waals surface area contributed by atoms with Gasteiger partial charge in [-0.05, 0) is 36.4 Å². The monoisotopic (exact) mass is 395 g/mol. The maximum Gasteiger partial charge on any atom is 0.261 e. The molecule has 2 aromatic carbocycles. The van der Waals surface area contributed by atoms with Crippen LogP contribution in [0.2, 0.25) is 0 Å². The van der Waals surface area contributed by atoms with Gasteiger partial charge in [0.15, 0.2) is 0 Å². The molecule has 10 heteroatoms. The van der Waals surface area contributed by atoms with Gasteiger partial charge in [0, 0.05) is 14.1 Å². The molecule has 0 aliphatic carbocycles. The Morgan fingerprint density at radius 3 is 2.35 bits per heavy atom. The minimum atomic E-state index is -4.00. The molecule has 0 radical (unpaired) electrons. The SMILES string of the molecule is COc1ccc(NS(=O)(=O)c2cccc(C#N)c2)cc1S(=O)(=O)N(C)C. The van der Waals surface area contributed by atoms with E-state index in [4.69, 9.17) is 10.00 Å². The van der Waals surface area contributed by atoms with Crippen molar-refractivity contribution < 1.29 is 21.6 Å². The third-order valence-corrected chi connectivity index (χ3v) is 6.66. The normalized spacial score (nSPS) is 11.8. The van der Waals surface area contributed by atoms with Gasteiger partial charge in [0.2, 0.25) is 10.0 Å². The molecule has 0 aliphatic rings. The molecule has 26 heavy (non-hydrogen) atoms. The van der Waals surface area contributed by atoms with E-state index in [9.17, 15) is 16.8 Å². The van der Waals surface area contributed by atoms with E-state index in [0.29, 0.717) is 0 Å². The van der Waals surface area contributed by atoms with Crippen LogP contribution >= 0.6 is 0 Å². The lowest BCUT2D eigenvalue weighted by molar-refractivity contribution is 0.400. The molecular weight excluding hydrogens is 378 g/mol. The quantitative estimate of drug-likeness (QED) is 0.794. The Kier molecular flexibility index (Phi) is 5.56. The first-order valence-electron chi connectivity index (χ1n) is 7.25. The highest BCUT2D eigenvalue weighted by atomic mass is 32.2. The minimum Gasteiger partial charge on any atom is -0.495 e. The molecule has 0 heterocycles. The summed E-state index contributed by atoms with van der Waals surface area (Å²) in [5.74, 6) is 0.0909. The second-order valence-electron chi connectivity index (χ2n) is 5.40. The topological polar surface area (TPSA) is 117 Å². The van der Waals surface area contributed by atoms with Crippen LogP contribution in [0.15, 0.2) is 52.3 Å². The van der Waals surface area contributed by atoms with Gasteiger partial charge >= 0.3 is 0 Å². The van der Waals surface area contributed by atoms with E-state index in [2.05, 4.69) is 4.72 Å². The molecule has 0 aliphatic heterocycles. The van der Waals surface area contributed by atoms with Crippen LogP contribution in [0.1, 0.15) is 5.56 Å². The zero-order valence-corrected chi connectivity index (χ0v) is 15.9. The van der Waals surface area contributed by atoms with Crippen molar-refractivity contribution in [1.29, 1.82) is 5.26 Å². The highest BCUT2D eigenvalue weighted by Crippen LogP contribution is 2.29. The Balaban J connectivity index is 2.49. The number of nitrogens with zero attached hydrogens (tertiary/aromatic N) is 2. The summed E-state index contributed by atoms with van der Waals surface area (Å²) in [5, 5.41) is 8.90. The predicted molar refractivity (Wildman–Crippen MR) is 95.8 cm³/mol. The number of anilines is 1. The van der Waals surface area contributed by atoms with Gasteiger partial charge in [0.25, 0.3) is 10.0 Å². The van der Waals surface area contributed by atoms with E-state index in [1.165, 1.54) is 63.7 Å². The van der Waals surface area contributed by atoms with Crippen molar-refractivity contribution >= 4 is 25.7 Å². The Morgan fingerprint density at radius 2 is 1.77 bits per heavy atom. The van der Waals surface area contributed by atoms with Gasteiger partial charge < -0.3 is 4.74 Å². The third kappa shape index (κ3) is 3.96. The van der Waals surface area contributed by atoms with Gasteiger partial charge in [-0.2, -0.15) is 5.26 Å². The van der Waals surface area contributed by atoms with Gasteiger partial charge in [-0.25, -0.2) is 21.1 Å². The summed E-state index contributed by atoms with van der Waals surface area (Å²) >= 11 is 0. The molecule has 0 unspecified atom stereocenters. The molecule has 2 rings (SSSR count). The number of hydrogen-bond acceptors (Lipinski definition) is 6. The maximum atomic E-state index is 12.5. The molecule has 0 amide bonds. The molecule has 0 saturated carbocycles. The number of sulfonamides is 2. The van der Waals surface area contributed by atoms with Crippen LogP contribution < -0.4 is 9.46 Å². The Hall–Kier alpha value is -2.61. The molecule has 8 nitrogen and oxygen atoms in total. The number of methoxy groups -OCH3 is 1. The second-order valence-corrected chi connectivity index (χ2v) is 9.20. The van der Waals surface area contributed by atoms with Crippen LogP contribution in [0.4, 0.5) is 5.69 Å². The lowest BCUT2D eigenvalue weighted by Gasteiger charge is -2.16. The number of rotatable bonds is 6. The van der Waals surface area contributed by atoms with Gasteiger partial charge in [0.05, 0.1) is 29.3 Å². The van der Waals surface area contributed by atoms with Crippen molar-refractivity contribution in [3.05, 3.63) is 48.0 Å². The Labute approximate surface area is 152 Å². The van der Waals surface area contributed by atoms with Gasteiger partial charge in [-0.3, -0.25) is 4.72 Å². The van der Waals surface area contributed by atoms with Gasteiger partial charge in [-0.1, -0.05) is 6.07 Å². The largest absolute Gasteiger partial charge is 0.495 e. The summed E-state index contributed by atoms with van der Waals surface area (Å²) in [6.07, 6.45) is 0. The highest BCUT2D eigenvalue weighted by molar-refractivity contribution is 7.92. The molecule has 1 N–H and O–H groups in total. The molecule has 0 bridgehead atoms. The van der Waals surface area contributed by atoms with Crippen LogP contribution in [0, 0.1) is 11.3 Å². The summed E-state index contributed by atoms with van der Waals surface area (Å²) < 4.78 is 58.2. The van der Waals surface area contributed by atoms with Crippen molar-refractivity contribution in [3.63, 3.8) is 0 Å². The average molecular weight is 395 g/mol. The number of nitriles is 1. The lowest BCUT2D eigenvalue weighted by Crippen LogP contribution is -2.23. The first kappa shape index (κ1) is 19.7. The van der Waals surface area contributed by atoms with Crippen LogP contribution in [0.3, 0.4) is 0 Å². The van der Waals surface area contributed by atoms with E-state index < -0.39 is 20.0 Å². The van der Waals surface area contributed by atoms with Crippen LogP contribution in [-0.4, -0.2) is 42.3 Å². The summed E-state index contributed by atoms with van der Waals surface area (Å²) in [6.45, 7) is 0. The number of benzene rings is 2. The van der Waals surface area contributed by atoms with Crippen molar-refractivity contribution in [1.82, 2.24) is 4.31 Å². The van der Waals surface area contributed by atoms with E-state index in [0.717, 1.165) is 4.31 Å². The molecule has 0 spiro atoms. The molecular formula is C16H17N3O5S2. The van der Waals surface area contributed by atoms with Crippen molar-refractivity contribution in [2.45, 2.75) is 9.79 Å². The second kappa shape index (κ2) is 7.33. The fraction of sp³-hybridized carbons (Fsp3) is 0.188. The summed E-state index contributed by atoms with van der Waals surface area (Å²) in [7, 11) is -3.80. The fourth-order valence-electron chi connectivity index (χ4n) is 2.09. The van der Waals surface area contributed by atoms with E-state index in [1.54, 1.807) is 0 Å². The van der Waals surface area contributed by atoms with Gasteiger partial charge in [0.1, 0.15) is 10.6 Å². The van der Waals surface area contributed by atoms with Gasteiger partial charge in [-0.15, -0.1) is 0 Å². The molecule has 0 atom stereocenters. The molecule has 0 saturated heterocycles. The highest BCUT2D eigenvalue weighted by Gasteiger charge is 2.24. The van der Waals surface area contributed by atoms with Crippen molar-refractivity contribution in [2.24, 2.45) is 0 Å². The fourth-order valence-corrected chi connectivity index (χ4v) is 4.26. The first-order chi connectivity index (χ1) is 12.1. The third-order valence-electron chi connectivity index (χ3n) is 3.45. The summed E-state index contributed by atoms with van der Waals surface area (Å²) in [6, 6.07) is 11.3. The molecule has 0 fully saturated rings. The van der Waals surface area contributed by atoms with Crippen LogP contribution in [-0.2, 0) is 20.0 Å². The summed E-state index contributed by atoms with van der Waals surface area (Å²) in [5.41, 5.74) is 0.243. The zero-order chi connectivity index (χ0) is 19.5. The number of ether oxygens (including phenoxy) is 1. The average Bonchev–Trinajstić information content (AvgIpc) is 2.61. The van der Waals surface area contributed by atoms with Crippen molar-refractivity contribution in [2.75, 3.05) is 25.9 Å². The Morgan fingerprint density at radius 1 is 1.08 bits per heavy atom. The van der Waals surface area contributed by atoms with Crippen LogP contribution in [0.25, 0.3) is 0 Å². The summed E-state index contributed by atoms with van der Waals surface area (Å²) in [4.78, 5) is -0.277. The van der Waals surface area contributed by atoms with E-state index in [1.807, 2.05) is 6.07 Å². The molecule has 138 valence electrons. The minimum absolute atomic E-state index is 0.0496. The Bertz CT molecular complexity index is 1070. The lowest BCUT2D eigenvalue weighted by atomic mass is 10.2. The number of hydrogen-bond donors (Lipinski definition) is 1. The standard InChI is InChI=1S/C16H17N3O5S2/c1-19(2)26(22,23)16-10-13(7-8-15(16)24-3)18-25(20,21)14-6-4-5-12(9-14)11-17/h4-10,18H,1-3H3. The number of nitrogens with one attached hydrogen (secondary N) is 1. The van der Waals surface area contributed by atoms with E-state index >= 15 is 0 Å². The predicted octanol–water partition coefficient (Wildman–Crippen LogP) is 1.62. The van der Waals surface area contributed by atoms with Crippen LogP contribution in [0.5, 0.6) is 5.75 Å². The first-order valence-corrected chi connectivity index (χ1v) is 10.2. The molecule has 0 aromatic heterocycles. The molecule has 2 aromatic rings.